The van der Waals surface area contributed by atoms with Gasteiger partial charge in [-0.2, -0.15) is 0 Å². The Bertz CT molecular complexity index is 2210. The van der Waals surface area contributed by atoms with E-state index in [1.54, 1.807) is 61.9 Å². The second-order valence-corrected chi connectivity index (χ2v) is 18.2. The molecule has 2 aromatic heterocycles. The number of ketones is 1. The van der Waals surface area contributed by atoms with Crippen LogP contribution in [0, 0.1) is 23.7 Å². The van der Waals surface area contributed by atoms with Crippen molar-refractivity contribution < 1.29 is 44.2 Å². The van der Waals surface area contributed by atoms with Gasteiger partial charge in [0.15, 0.2) is 12.1 Å². The molecular formula is C50H68N6O9. The Balaban J connectivity index is 1.37. The maximum absolute atomic E-state index is 14.0. The number of nitrogens with zero attached hydrogens (tertiary/aromatic N) is 6. The van der Waals surface area contributed by atoms with Crippen LogP contribution in [0.5, 0.6) is 0 Å². The zero-order valence-electron chi connectivity index (χ0n) is 38.8. The smallest absolute Gasteiger partial charge is 0.308 e. The molecule has 12 atom stereocenters. The lowest BCUT2D eigenvalue weighted by atomic mass is 9.79. The van der Waals surface area contributed by atoms with Gasteiger partial charge in [0, 0.05) is 42.4 Å². The molecule has 4 aromatic rings. The number of carbonyl (C=O) groups is 2. The number of benzene rings is 2. The summed E-state index contributed by atoms with van der Waals surface area (Å²) in [4.78, 5) is 36.1. The molecule has 15 heteroatoms. The molecule has 2 unspecified atom stereocenters. The second-order valence-electron chi connectivity index (χ2n) is 18.2. The molecule has 4 heterocycles. The maximum atomic E-state index is 14.0. The minimum absolute atomic E-state index is 0.111. The number of hydrogen-bond acceptors (Lipinski definition) is 14. The standard InChI is InChI=1S/C50H68N6O9/c1-8-44-37(30-57)24-31(2)19-20-42(58)32(3)25-36(49(33(4)43(59)26-45(60)64-44)65-50-48(62)46(54(6)7)47(61)34(5)63-50)21-23-55(27-35-14-10-9-11-15-35)28-38-29-56(53-52-38)41-18-12-17-40-39(41)16-13-22-51-40/h9-20,22,24,29,32-34,36-37,43-44,46-50,57,59,61-62H,8,21,23,25-28,30H2,1-7H3/b20-19+,31-24+/t32-,33+,34-,36+,37-,43-,44-,46?,47-,48?,49-,50+/m1/s1. The van der Waals surface area contributed by atoms with E-state index in [0.29, 0.717) is 38.9 Å². The predicted molar refractivity (Wildman–Crippen MR) is 246 cm³/mol. The van der Waals surface area contributed by atoms with Crippen LogP contribution < -0.4 is 0 Å². The van der Waals surface area contributed by atoms with Gasteiger partial charge in [-0.25, -0.2) is 4.68 Å². The molecule has 0 radical (unpaired) electrons. The number of cyclic esters (lactones) is 1. The molecule has 4 N–H and O–H groups in total. The van der Waals surface area contributed by atoms with E-state index in [1.165, 1.54) is 0 Å². The number of rotatable bonds is 13. The summed E-state index contributed by atoms with van der Waals surface area (Å²) in [6.45, 7) is 10.3. The van der Waals surface area contributed by atoms with Gasteiger partial charge < -0.3 is 39.5 Å². The van der Waals surface area contributed by atoms with E-state index in [0.717, 1.165) is 33.4 Å². The number of aromatic nitrogens is 4. The Kier molecular flexibility index (Phi) is 17.7. The second kappa shape index (κ2) is 23.1. The van der Waals surface area contributed by atoms with Gasteiger partial charge in [0.25, 0.3) is 0 Å². The third-order valence-electron chi connectivity index (χ3n) is 13.0. The van der Waals surface area contributed by atoms with Gasteiger partial charge in [0.2, 0.25) is 0 Å². The number of esters is 1. The number of aliphatic hydroxyl groups is 4. The zero-order chi connectivity index (χ0) is 46.8. The minimum Gasteiger partial charge on any atom is -0.462 e. The first-order valence-electron chi connectivity index (χ1n) is 22.9. The summed E-state index contributed by atoms with van der Waals surface area (Å²) in [5.41, 5.74) is 4.26. The largest absolute Gasteiger partial charge is 0.462 e. The molecule has 65 heavy (non-hydrogen) atoms. The lowest BCUT2D eigenvalue weighted by Gasteiger charge is -2.46. The molecule has 2 aromatic carbocycles. The molecule has 2 aliphatic rings. The highest BCUT2D eigenvalue weighted by Crippen LogP contribution is 2.35. The number of likely N-dealkylation sites (N-methyl/N-ethyl adjacent to an activating group) is 1. The number of pyridine rings is 1. The van der Waals surface area contributed by atoms with E-state index in [2.05, 4.69) is 32.3 Å². The zero-order valence-corrected chi connectivity index (χ0v) is 38.8. The molecule has 1 saturated heterocycles. The molecule has 15 nitrogen and oxygen atoms in total. The quantitative estimate of drug-likeness (QED) is 0.131. The lowest BCUT2D eigenvalue weighted by molar-refractivity contribution is -0.304. The van der Waals surface area contributed by atoms with Crippen LogP contribution in [0.2, 0.25) is 0 Å². The fraction of sp³-hybridized carbons (Fsp3) is 0.540. The van der Waals surface area contributed by atoms with Crippen LogP contribution in [0.3, 0.4) is 0 Å². The van der Waals surface area contributed by atoms with Crippen LogP contribution in [0.25, 0.3) is 16.6 Å². The van der Waals surface area contributed by atoms with Gasteiger partial charge in [-0.05, 0) is 95.6 Å². The van der Waals surface area contributed by atoms with Gasteiger partial charge in [-0.15, -0.1) is 5.10 Å². The van der Waals surface area contributed by atoms with Crippen molar-refractivity contribution in [3.8, 4) is 5.69 Å². The monoisotopic (exact) mass is 897 g/mol. The van der Waals surface area contributed by atoms with Crippen molar-refractivity contribution in [2.24, 2.45) is 23.7 Å². The molecule has 2 aliphatic heterocycles. The number of hydrogen-bond donors (Lipinski definition) is 4. The average molecular weight is 897 g/mol. The van der Waals surface area contributed by atoms with Crippen molar-refractivity contribution in [1.82, 2.24) is 29.8 Å². The Hall–Kier alpha value is -4.71. The Morgan fingerprint density at radius 3 is 2.43 bits per heavy atom. The topological polar surface area (TPSA) is 193 Å². The Morgan fingerprint density at radius 2 is 1.71 bits per heavy atom. The van der Waals surface area contributed by atoms with E-state index >= 15 is 0 Å². The van der Waals surface area contributed by atoms with Crippen LogP contribution >= 0.6 is 0 Å². The molecule has 1 fully saturated rings. The van der Waals surface area contributed by atoms with Crippen LogP contribution in [0.1, 0.15) is 71.6 Å². The summed E-state index contributed by atoms with van der Waals surface area (Å²) in [7, 11) is 3.53. The molecule has 352 valence electrons. The van der Waals surface area contributed by atoms with Crippen LogP contribution in [0.4, 0.5) is 0 Å². The van der Waals surface area contributed by atoms with Crippen LogP contribution in [-0.2, 0) is 36.9 Å². The third kappa shape index (κ3) is 12.8. The van der Waals surface area contributed by atoms with E-state index < -0.39 is 78.6 Å². The van der Waals surface area contributed by atoms with E-state index in [1.807, 2.05) is 75.5 Å². The summed E-state index contributed by atoms with van der Waals surface area (Å²) >= 11 is 0. The number of fused-ring (bicyclic) bond motifs is 1. The molecular weight excluding hydrogens is 829 g/mol. The first-order chi connectivity index (χ1) is 31.2. The van der Waals surface area contributed by atoms with Crippen molar-refractivity contribution in [3.05, 3.63) is 108 Å². The summed E-state index contributed by atoms with van der Waals surface area (Å²) in [6, 6.07) is 19.2. The normalized spacial score (nSPS) is 31.2. The minimum atomic E-state index is -1.28. The van der Waals surface area contributed by atoms with E-state index in [9.17, 15) is 30.0 Å². The van der Waals surface area contributed by atoms with Gasteiger partial charge in [0.05, 0.1) is 66.6 Å². The van der Waals surface area contributed by atoms with Gasteiger partial charge >= 0.3 is 5.97 Å². The molecule has 0 aliphatic carbocycles. The number of ether oxygens (including phenoxy) is 3. The third-order valence-corrected chi connectivity index (χ3v) is 13.0. The maximum Gasteiger partial charge on any atom is 0.308 e. The molecule has 0 amide bonds. The lowest BCUT2D eigenvalue weighted by Crippen LogP contribution is -2.63. The molecule has 0 bridgehead atoms. The van der Waals surface area contributed by atoms with Crippen molar-refractivity contribution in [2.75, 3.05) is 27.2 Å². The summed E-state index contributed by atoms with van der Waals surface area (Å²) in [5.74, 6) is -2.91. The van der Waals surface area contributed by atoms with Crippen molar-refractivity contribution in [1.29, 1.82) is 0 Å². The molecule has 6 rings (SSSR count). The molecule has 0 saturated carbocycles. The number of allylic oxidation sites excluding steroid dienone is 3. The SMILES string of the molecule is CC[C@H]1OC(=O)C[C@@H](O)[C@H](C)[C@@H](O[C@@H]2O[C@H](C)[C@@H](O)C(N(C)C)C2O)[C@@H](CCN(Cc2ccccc2)Cc2cn(-c3cccc4ncccc34)nn2)C[C@@H](C)C(=O)/C=C/C(C)=C/[C@@H]1CO. The summed E-state index contributed by atoms with van der Waals surface area (Å²) in [5, 5.41) is 55.1. The van der Waals surface area contributed by atoms with E-state index in [-0.39, 0.29) is 18.8 Å². The first kappa shape index (κ1) is 49.7. The first-order valence-corrected chi connectivity index (χ1v) is 22.9. The van der Waals surface area contributed by atoms with Gasteiger partial charge in [0.1, 0.15) is 12.2 Å². The van der Waals surface area contributed by atoms with Crippen molar-refractivity contribution >= 4 is 22.7 Å². The highest BCUT2D eigenvalue weighted by Gasteiger charge is 2.47. The average Bonchev–Trinajstić information content (AvgIpc) is 3.76. The highest BCUT2D eigenvalue weighted by molar-refractivity contribution is 5.91. The Morgan fingerprint density at radius 1 is 0.938 bits per heavy atom. The number of carbonyl (C=O) groups excluding carboxylic acids is 2. The van der Waals surface area contributed by atoms with E-state index in [4.69, 9.17) is 14.2 Å². The predicted octanol–water partition coefficient (Wildman–Crippen LogP) is 5.03. The highest BCUT2D eigenvalue weighted by atomic mass is 16.7. The van der Waals surface area contributed by atoms with Gasteiger partial charge in [-0.1, -0.05) is 80.1 Å². The number of aliphatic hydroxyl groups excluding tert-OH is 4. The Labute approximate surface area is 382 Å². The van der Waals surface area contributed by atoms with Crippen LogP contribution in [-0.4, -0.2) is 138 Å². The summed E-state index contributed by atoms with van der Waals surface area (Å²) < 4.78 is 20.7. The van der Waals surface area contributed by atoms with Gasteiger partial charge in [-0.3, -0.25) is 19.5 Å². The summed E-state index contributed by atoms with van der Waals surface area (Å²) in [6.07, 6.45) is 2.63. The molecule has 0 spiro atoms. The fourth-order valence-corrected chi connectivity index (χ4v) is 9.27. The fourth-order valence-electron chi connectivity index (χ4n) is 9.27. The van der Waals surface area contributed by atoms with Crippen molar-refractivity contribution in [3.63, 3.8) is 0 Å². The van der Waals surface area contributed by atoms with Crippen LogP contribution in [0.15, 0.2) is 96.9 Å². The van der Waals surface area contributed by atoms with Crippen molar-refractivity contribution in [2.45, 2.75) is 122 Å².